The van der Waals surface area contributed by atoms with Crippen LogP contribution in [-0.4, -0.2) is 19.6 Å². The molecule has 0 N–H and O–H groups in total. The van der Waals surface area contributed by atoms with Gasteiger partial charge in [-0.3, -0.25) is 4.40 Å². The second-order valence-electron chi connectivity index (χ2n) is 3.31. The van der Waals surface area contributed by atoms with E-state index in [9.17, 15) is 4.39 Å². The van der Waals surface area contributed by atoms with Crippen molar-refractivity contribution in [2.45, 2.75) is 10.2 Å². The van der Waals surface area contributed by atoms with Crippen LogP contribution in [0.3, 0.4) is 0 Å². The van der Waals surface area contributed by atoms with Crippen LogP contribution in [0.1, 0.15) is 0 Å². The lowest BCUT2D eigenvalue weighted by Crippen LogP contribution is -1.88. The average molecular weight is 246 g/mol. The fourth-order valence-electron chi connectivity index (χ4n) is 1.43. The van der Waals surface area contributed by atoms with Crippen LogP contribution in [0.25, 0.3) is 5.65 Å². The summed E-state index contributed by atoms with van der Waals surface area (Å²) in [6, 6.07) is 10.3. The van der Waals surface area contributed by atoms with Gasteiger partial charge in [0.05, 0.1) is 0 Å². The van der Waals surface area contributed by atoms with Gasteiger partial charge in [0.2, 0.25) is 11.1 Å². The van der Waals surface area contributed by atoms with Crippen LogP contribution in [-0.2, 0) is 0 Å². The van der Waals surface area contributed by atoms with Crippen molar-refractivity contribution >= 4 is 17.4 Å². The van der Waals surface area contributed by atoms with Crippen LogP contribution in [0.15, 0.2) is 52.8 Å². The van der Waals surface area contributed by atoms with E-state index in [0.717, 1.165) is 5.65 Å². The normalized spacial score (nSPS) is 10.9. The largest absolute Gasteiger partial charge is 0.277 e. The Balaban J connectivity index is 2.00. The van der Waals surface area contributed by atoms with Gasteiger partial charge in [-0.2, -0.15) is 4.39 Å². The zero-order valence-electron chi connectivity index (χ0n) is 8.62. The maximum Gasteiger partial charge on any atom is 0.213 e. The number of hydrogen-bond acceptors (Lipinski definition) is 4. The molecule has 0 amide bonds. The van der Waals surface area contributed by atoms with E-state index >= 15 is 0 Å². The maximum absolute atomic E-state index is 12.9. The number of halogens is 1. The summed E-state index contributed by atoms with van der Waals surface area (Å²) in [4.78, 5) is 3.77. The van der Waals surface area contributed by atoms with Crippen molar-refractivity contribution in [3.05, 3.63) is 48.5 Å². The molecule has 84 valence electrons. The van der Waals surface area contributed by atoms with Gasteiger partial charge < -0.3 is 0 Å². The number of nitrogens with zero attached hydrogens (tertiary/aromatic N) is 4. The molecule has 3 aromatic heterocycles. The molecule has 0 unspecified atom stereocenters. The van der Waals surface area contributed by atoms with Crippen LogP contribution < -0.4 is 0 Å². The minimum atomic E-state index is -0.496. The second-order valence-corrected chi connectivity index (χ2v) is 4.30. The van der Waals surface area contributed by atoms with Crippen molar-refractivity contribution in [1.29, 1.82) is 0 Å². The fourth-order valence-corrected chi connectivity index (χ4v) is 2.23. The van der Waals surface area contributed by atoms with Gasteiger partial charge >= 0.3 is 0 Å². The summed E-state index contributed by atoms with van der Waals surface area (Å²) >= 11 is 1.28. The van der Waals surface area contributed by atoms with E-state index in [1.807, 2.05) is 28.8 Å². The van der Waals surface area contributed by atoms with E-state index < -0.39 is 5.95 Å². The van der Waals surface area contributed by atoms with Gasteiger partial charge in [-0.25, -0.2) is 4.98 Å². The van der Waals surface area contributed by atoms with E-state index in [1.54, 1.807) is 12.1 Å². The van der Waals surface area contributed by atoms with Crippen molar-refractivity contribution in [3.63, 3.8) is 0 Å². The maximum atomic E-state index is 12.9. The number of aromatic nitrogens is 4. The summed E-state index contributed by atoms with van der Waals surface area (Å²) in [7, 11) is 0. The molecule has 3 aromatic rings. The minimum Gasteiger partial charge on any atom is -0.277 e. The highest BCUT2D eigenvalue weighted by molar-refractivity contribution is 7.99. The Morgan fingerprint density at radius 2 is 2.00 bits per heavy atom. The molecule has 0 saturated carbocycles. The van der Waals surface area contributed by atoms with Crippen LogP contribution in [0, 0.1) is 5.95 Å². The monoisotopic (exact) mass is 246 g/mol. The molecule has 0 spiro atoms. The first-order valence-electron chi connectivity index (χ1n) is 4.93. The molecule has 0 saturated heterocycles. The average Bonchev–Trinajstić information content (AvgIpc) is 2.73. The molecular weight excluding hydrogens is 239 g/mol. The number of hydrogen-bond donors (Lipinski definition) is 0. The number of fused-ring (bicyclic) bond motifs is 1. The Labute approximate surface area is 101 Å². The summed E-state index contributed by atoms with van der Waals surface area (Å²) in [5.41, 5.74) is 0.756. The van der Waals surface area contributed by atoms with Crippen LogP contribution in [0.5, 0.6) is 0 Å². The molecule has 3 heterocycles. The molecule has 0 aliphatic carbocycles. The molecule has 0 aromatic carbocycles. The van der Waals surface area contributed by atoms with Gasteiger partial charge in [-0.1, -0.05) is 12.1 Å². The predicted octanol–water partition coefficient (Wildman–Crippen LogP) is 2.41. The third-order valence-corrected chi connectivity index (χ3v) is 3.07. The van der Waals surface area contributed by atoms with Crippen molar-refractivity contribution in [2.75, 3.05) is 0 Å². The molecule has 17 heavy (non-hydrogen) atoms. The van der Waals surface area contributed by atoms with Crippen LogP contribution in [0.2, 0.25) is 0 Å². The topological polar surface area (TPSA) is 43.1 Å². The van der Waals surface area contributed by atoms with Gasteiger partial charge in [0.15, 0.2) is 5.65 Å². The summed E-state index contributed by atoms with van der Waals surface area (Å²) < 4.78 is 14.8. The summed E-state index contributed by atoms with van der Waals surface area (Å²) in [5.74, 6) is -0.496. The second kappa shape index (κ2) is 4.14. The zero-order chi connectivity index (χ0) is 11.7. The Bertz CT molecular complexity index is 667. The first-order valence-corrected chi connectivity index (χ1v) is 5.75. The van der Waals surface area contributed by atoms with Gasteiger partial charge in [-0.15, -0.1) is 10.2 Å². The summed E-state index contributed by atoms with van der Waals surface area (Å²) in [5, 5.41) is 9.27. The van der Waals surface area contributed by atoms with Crippen molar-refractivity contribution in [1.82, 2.24) is 19.6 Å². The molecule has 0 atom stereocenters. The van der Waals surface area contributed by atoms with Gasteiger partial charge in [0.25, 0.3) is 0 Å². The van der Waals surface area contributed by atoms with Crippen molar-refractivity contribution in [2.24, 2.45) is 0 Å². The van der Waals surface area contributed by atoms with Gasteiger partial charge in [0, 0.05) is 6.20 Å². The molecule has 0 fully saturated rings. The van der Waals surface area contributed by atoms with E-state index in [4.69, 9.17) is 0 Å². The lowest BCUT2D eigenvalue weighted by Gasteiger charge is -1.98. The first-order chi connectivity index (χ1) is 8.33. The zero-order valence-corrected chi connectivity index (χ0v) is 9.43. The van der Waals surface area contributed by atoms with E-state index in [1.165, 1.54) is 17.8 Å². The number of pyridine rings is 2. The molecule has 0 aliphatic rings. The van der Waals surface area contributed by atoms with Crippen molar-refractivity contribution in [3.8, 4) is 0 Å². The summed E-state index contributed by atoms with van der Waals surface area (Å²) in [6.07, 6.45) is 1.86. The summed E-state index contributed by atoms with van der Waals surface area (Å²) in [6.45, 7) is 0. The molecular formula is C11H7FN4S. The Morgan fingerprint density at radius 3 is 2.88 bits per heavy atom. The fraction of sp³-hybridized carbons (Fsp3) is 0. The smallest absolute Gasteiger partial charge is 0.213 e. The molecule has 6 heteroatoms. The third-order valence-electron chi connectivity index (χ3n) is 2.17. The van der Waals surface area contributed by atoms with Crippen LogP contribution >= 0.6 is 11.8 Å². The molecule has 3 rings (SSSR count). The standard InChI is InChI=1S/C11H7FN4S/c12-8-4-3-6-10(13-8)17-11-15-14-9-5-1-2-7-16(9)11/h1-7H. The highest BCUT2D eigenvalue weighted by Crippen LogP contribution is 2.24. The third kappa shape index (κ3) is 1.99. The van der Waals surface area contributed by atoms with E-state index in [-0.39, 0.29) is 0 Å². The number of rotatable bonds is 2. The van der Waals surface area contributed by atoms with Crippen molar-refractivity contribution < 1.29 is 4.39 Å². The Kier molecular flexibility index (Phi) is 2.49. The molecule has 0 aliphatic heterocycles. The minimum absolute atomic E-state index is 0.496. The Hall–Kier alpha value is -1.95. The van der Waals surface area contributed by atoms with E-state index in [0.29, 0.717) is 10.2 Å². The lowest BCUT2D eigenvalue weighted by molar-refractivity contribution is 0.572. The lowest BCUT2D eigenvalue weighted by atomic mass is 10.5. The quantitative estimate of drug-likeness (QED) is 0.651. The van der Waals surface area contributed by atoms with E-state index in [2.05, 4.69) is 15.2 Å². The highest BCUT2D eigenvalue weighted by atomic mass is 32.2. The van der Waals surface area contributed by atoms with Gasteiger partial charge in [0.1, 0.15) is 5.03 Å². The van der Waals surface area contributed by atoms with Crippen LogP contribution in [0.4, 0.5) is 4.39 Å². The molecule has 4 nitrogen and oxygen atoms in total. The van der Waals surface area contributed by atoms with Gasteiger partial charge in [-0.05, 0) is 36.0 Å². The predicted molar refractivity (Wildman–Crippen MR) is 61.3 cm³/mol. The molecule has 0 radical (unpaired) electrons. The highest BCUT2D eigenvalue weighted by Gasteiger charge is 2.07. The molecule has 0 bridgehead atoms. The Morgan fingerprint density at radius 1 is 1.06 bits per heavy atom. The SMILES string of the molecule is Fc1cccc(Sc2nnc3ccccn23)n1. The first kappa shape index (κ1) is 10.2.